The maximum atomic E-state index is 6.47. The van der Waals surface area contributed by atoms with Gasteiger partial charge in [-0.2, -0.15) is 0 Å². The molecule has 0 amide bonds. The van der Waals surface area contributed by atoms with E-state index in [0.717, 1.165) is 12.2 Å². The van der Waals surface area contributed by atoms with E-state index < -0.39 is 0 Å². The summed E-state index contributed by atoms with van der Waals surface area (Å²) >= 11 is 1.75. The summed E-state index contributed by atoms with van der Waals surface area (Å²) in [7, 11) is 0. The standard InChI is InChI=1S/C17H15NOS/c18-17(13-10-20-16-8-4-2-6-12(13)16)15-9-11-5-1-3-7-14(11)19-15/h1-8,10,15,17H,9,18H2. The first-order valence-electron chi connectivity index (χ1n) is 6.79. The van der Waals surface area contributed by atoms with Crippen molar-refractivity contribution >= 4 is 21.4 Å². The van der Waals surface area contributed by atoms with E-state index >= 15 is 0 Å². The van der Waals surface area contributed by atoms with Crippen LogP contribution in [0.3, 0.4) is 0 Å². The van der Waals surface area contributed by atoms with E-state index in [0.29, 0.717) is 0 Å². The number of rotatable bonds is 2. The van der Waals surface area contributed by atoms with Crippen LogP contribution in [0.25, 0.3) is 10.1 Å². The van der Waals surface area contributed by atoms with E-state index in [2.05, 4.69) is 41.8 Å². The topological polar surface area (TPSA) is 35.2 Å². The summed E-state index contributed by atoms with van der Waals surface area (Å²) in [4.78, 5) is 0. The highest BCUT2D eigenvalue weighted by Crippen LogP contribution is 2.36. The average molecular weight is 281 g/mol. The highest BCUT2D eigenvalue weighted by atomic mass is 32.1. The molecule has 0 aliphatic carbocycles. The van der Waals surface area contributed by atoms with Gasteiger partial charge in [-0.05, 0) is 34.0 Å². The predicted molar refractivity (Wildman–Crippen MR) is 83.3 cm³/mol. The first-order chi connectivity index (χ1) is 9.83. The number of hydrogen-bond acceptors (Lipinski definition) is 3. The van der Waals surface area contributed by atoms with Gasteiger partial charge in [0.05, 0.1) is 6.04 Å². The Balaban J connectivity index is 1.67. The molecule has 0 fully saturated rings. The van der Waals surface area contributed by atoms with Crippen LogP contribution >= 0.6 is 11.3 Å². The summed E-state index contributed by atoms with van der Waals surface area (Å²) in [5, 5.41) is 3.42. The molecule has 2 nitrogen and oxygen atoms in total. The molecule has 4 rings (SSSR count). The molecule has 2 aromatic carbocycles. The second kappa shape index (κ2) is 4.62. The molecule has 0 spiro atoms. The highest BCUT2D eigenvalue weighted by molar-refractivity contribution is 7.17. The number of ether oxygens (including phenoxy) is 1. The number of hydrogen-bond donors (Lipinski definition) is 1. The van der Waals surface area contributed by atoms with E-state index in [1.807, 2.05) is 12.1 Å². The van der Waals surface area contributed by atoms with Gasteiger partial charge >= 0.3 is 0 Å². The van der Waals surface area contributed by atoms with Gasteiger partial charge in [-0.1, -0.05) is 36.4 Å². The molecule has 2 N–H and O–H groups in total. The van der Waals surface area contributed by atoms with Crippen molar-refractivity contribution in [3.63, 3.8) is 0 Å². The van der Waals surface area contributed by atoms with Gasteiger partial charge in [-0.3, -0.25) is 0 Å². The van der Waals surface area contributed by atoms with Crippen molar-refractivity contribution in [1.29, 1.82) is 0 Å². The van der Waals surface area contributed by atoms with Crippen LogP contribution in [-0.2, 0) is 6.42 Å². The van der Waals surface area contributed by atoms with Crippen molar-refractivity contribution in [1.82, 2.24) is 0 Å². The van der Waals surface area contributed by atoms with Crippen molar-refractivity contribution in [2.45, 2.75) is 18.6 Å². The normalized spacial score (nSPS) is 18.8. The third-order valence-corrected chi connectivity index (χ3v) is 4.92. The molecule has 3 heteroatoms. The Bertz CT molecular complexity index is 739. The Labute approximate surface area is 121 Å². The van der Waals surface area contributed by atoms with Gasteiger partial charge in [-0.15, -0.1) is 11.3 Å². The summed E-state index contributed by atoms with van der Waals surface area (Å²) in [6.07, 6.45) is 0.923. The molecule has 100 valence electrons. The minimum atomic E-state index is -0.0847. The van der Waals surface area contributed by atoms with Crippen LogP contribution < -0.4 is 10.5 Å². The van der Waals surface area contributed by atoms with Crippen molar-refractivity contribution in [2.24, 2.45) is 5.73 Å². The molecule has 2 unspecified atom stereocenters. The number of nitrogens with two attached hydrogens (primary N) is 1. The van der Waals surface area contributed by atoms with Crippen molar-refractivity contribution in [3.05, 3.63) is 65.0 Å². The van der Waals surface area contributed by atoms with E-state index in [4.69, 9.17) is 10.5 Å². The van der Waals surface area contributed by atoms with Gasteiger partial charge < -0.3 is 10.5 Å². The average Bonchev–Trinajstić information content (AvgIpc) is 3.10. The van der Waals surface area contributed by atoms with Gasteiger partial charge in [0.2, 0.25) is 0 Å². The number of benzene rings is 2. The van der Waals surface area contributed by atoms with Gasteiger partial charge in [0.1, 0.15) is 11.9 Å². The van der Waals surface area contributed by atoms with Crippen molar-refractivity contribution in [2.75, 3.05) is 0 Å². The highest BCUT2D eigenvalue weighted by Gasteiger charge is 2.30. The van der Waals surface area contributed by atoms with Crippen LogP contribution in [0.5, 0.6) is 5.75 Å². The molecule has 20 heavy (non-hydrogen) atoms. The monoisotopic (exact) mass is 281 g/mol. The van der Waals surface area contributed by atoms with Crippen LogP contribution in [0.4, 0.5) is 0 Å². The summed E-state index contributed by atoms with van der Waals surface area (Å²) in [5.74, 6) is 0.979. The molecule has 1 aliphatic rings. The minimum Gasteiger partial charge on any atom is -0.488 e. The summed E-state index contributed by atoms with van der Waals surface area (Å²) in [6.45, 7) is 0. The Kier molecular flexibility index (Phi) is 2.76. The third-order valence-electron chi connectivity index (χ3n) is 3.94. The van der Waals surface area contributed by atoms with E-state index in [-0.39, 0.29) is 12.1 Å². The van der Waals surface area contributed by atoms with Crippen LogP contribution in [-0.4, -0.2) is 6.10 Å². The maximum Gasteiger partial charge on any atom is 0.123 e. The molecule has 0 bridgehead atoms. The van der Waals surface area contributed by atoms with E-state index in [1.54, 1.807) is 11.3 Å². The Hall–Kier alpha value is -1.84. The lowest BCUT2D eigenvalue weighted by molar-refractivity contribution is 0.200. The van der Waals surface area contributed by atoms with Crippen LogP contribution in [0, 0.1) is 0 Å². The zero-order valence-electron chi connectivity index (χ0n) is 11.0. The molecule has 1 aliphatic heterocycles. The molecule has 2 atom stereocenters. The SMILES string of the molecule is NC(c1csc2ccccc12)C1Cc2ccccc2O1. The Morgan fingerprint density at radius 2 is 1.90 bits per heavy atom. The van der Waals surface area contributed by atoms with Crippen molar-refractivity contribution in [3.8, 4) is 5.75 Å². The molecule has 0 radical (unpaired) electrons. The number of para-hydroxylation sites is 1. The zero-order chi connectivity index (χ0) is 13.5. The zero-order valence-corrected chi connectivity index (χ0v) is 11.8. The van der Waals surface area contributed by atoms with Gasteiger partial charge in [0.25, 0.3) is 0 Å². The quantitative estimate of drug-likeness (QED) is 0.773. The second-order valence-electron chi connectivity index (χ2n) is 5.18. The van der Waals surface area contributed by atoms with Gasteiger partial charge in [0.15, 0.2) is 0 Å². The van der Waals surface area contributed by atoms with E-state index in [9.17, 15) is 0 Å². The van der Waals surface area contributed by atoms with Gasteiger partial charge in [-0.25, -0.2) is 0 Å². The minimum absolute atomic E-state index is 0.0328. The molecule has 0 saturated carbocycles. The van der Waals surface area contributed by atoms with Crippen LogP contribution in [0.15, 0.2) is 53.9 Å². The molecule has 2 heterocycles. The lowest BCUT2D eigenvalue weighted by atomic mass is 9.98. The summed E-state index contributed by atoms with van der Waals surface area (Å²) < 4.78 is 7.31. The van der Waals surface area contributed by atoms with Crippen LogP contribution in [0.1, 0.15) is 17.2 Å². The molecule has 0 saturated heterocycles. The lowest BCUT2D eigenvalue weighted by Crippen LogP contribution is -2.29. The molecule has 1 aromatic heterocycles. The van der Waals surface area contributed by atoms with Gasteiger partial charge in [0, 0.05) is 11.1 Å². The van der Waals surface area contributed by atoms with Crippen LogP contribution in [0.2, 0.25) is 0 Å². The molecular weight excluding hydrogens is 266 g/mol. The molecular formula is C17H15NOS. The Morgan fingerprint density at radius 3 is 2.80 bits per heavy atom. The predicted octanol–water partition coefficient (Wildman–Crippen LogP) is 3.90. The first-order valence-corrected chi connectivity index (χ1v) is 7.67. The molecule has 3 aromatic rings. The van der Waals surface area contributed by atoms with Crippen molar-refractivity contribution < 1.29 is 4.74 Å². The van der Waals surface area contributed by atoms with E-state index in [1.165, 1.54) is 21.2 Å². The summed E-state index contributed by atoms with van der Waals surface area (Å²) in [6, 6.07) is 16.5. The number of fused-ring (bicyclic) bond motifs is 2. The maximum absolute atomic E-state index is 6.47. The fourth-order valence-corrected chi connectivity index (χ4v) is 3.87. The third kappa shape index (κ3) is 1.82. The number of thiophene rings is 1. The Morgan fingerprint density at radius 1 is 1.10 bits per heavy atom. The largest absolute Gasteiger partial charge is 0.488 e. The smallest absolute Gasteiger partial charge is 0.123 e. The lowest BCUT2D eigenvalue weighted by Gasteiger charge is -2.18. The second-order valence-corrected chi connectivity index (χ2v) is 6.09. The fourth-order valence-electron chi connectivity index (χ4n) is 2.87. The summed E-state index contributed by atoms with van der Waals surface area (Å²) in [5.41, 5.74) is 8.93. The fraction of sp³-hybridized carbons (Fsp3) is 0.176. The first kappa shape index (κ1) is 11.9.